The molecule has 0 saturated heterocycles. The van der Waals surface area contributed by atoms with Gasteiger partial charge in [-0.1, -0.05) is 49.7 Å². The van der Waals surface area contributed by atoms with Gasteiger partial charge < -0.3 is 15.7 Å². The van der Waals surface area contributed by atoms with E-state index in [0.29, 0.717) is 19.0 Å². The molecule has 124 valence electrons. The van der Waals surface area contributed by atoms with E-state index in [1.165, 1.54) is 10.8 Å². The zero-order chi connectivity index (χ0) is 16.5. The number of fused-ring (bicyclic) bond motifs is 1. The van der Waals surface area contributed by atoms with Gasteiger partial charge in [-0.05, 0) is 41.2 Å². The lowest BCUT2D eigenvalue weighted by Crippen LogP contribution is -2.38. The van der Waals surface area contributed by atoms with Gasteiger partial charge in [0, 0.05) is 19.7 Å². The van der Waals surface area contributed by atoms with Crippen molar-refractivity contribution in [1.29, 1.82) is 0 Å². The lowest BCUT2D eigenvalue weighted by molar-refractivity contribution is 0.229. The second-order valence-electron chi connectivity index (χ2n) is 5.91. The molecule has 0 aromatic heterocycles. The van der Waals surface area contributed by atoms with Crippen molar-refractivity contribution in [1.82, 2.24) is 10.6 Å². The molecule has 0 heterocycles. The maximum atomic E-state index is 11.9. The summed E-state index contributed by atoms with van der Waals surface area (Å²) in [6.07, 6.45) is 2.81. The summed E-state index contributed by atoms with van der Waals surface area (Å²) >= 11 is 0. The Morgan fingerprint density at radius 2 is 1.87 bits per heavy atom. The van der Waals surface area contributed by atoms with Gasteiger partial charge >= 0.3 is 6.03 Å². The van der Waals surface area contributed by atoms with Crippen LogP contribution in [0.15, 0.2) is 42.5 Å². The molecule has 2 aromatic carbocycles. The molecule has 1 atom stereocenters. The molecule has 0 aliphatic rings. The van der Waals surface area contributed by atoms with E-state index >= 15 is 0 Å². The van der Waals surface area contributed by atoms with Crippen molar-refractivity contribution in [3.63, 3.8) is 0 Å². The van der Waals surface area contributed by atoms with Gasteiger partial charge in [0.1, 0.15) is 0 Å². The summed E-state index contributed by atoms with van der Waals surface area (Å²) in [6, 6.07) is 14.2. The lowest BCUT2D eigenvalue weighted by atomic mass is 10.0. The monoisotopic (exact) mass is 314 g/mol. The van der Waals surface area contributed by atoms with Crippen molar-refractivity contribution in [3.8, 4) is 0 Å². The summed E-state index contributed by atoms with van der Waals surface area (Å²) in [5, 5.41) is 17.2. The summed E-state index contributed by atoms with van der Waals surface area (Å²) in [5.74, 6) is 0.344. The number of aliphatic hydroxyl groups excluding tert-OH is 1. The summed E-state index contributed by atoms with van der Waals surface area (Å²) in [4.78, 5) is 11.9. The largest absolute Gasteiger partial charge is 0.396 e. The van der Waals surface area contributed by atoms with Crippen LogP contribution in [-0.2, 0) is 6.54 Å². The van der Waals surface area contributed by atoms with Crippen LogP contribution in [0.25, 0.3) is 10.8 Å². The van der Waals surface area contributed by atoms with E-state index in [4.69, 9.17) is 5.11 Å². The Bertz CT molecular complexity index is 622. The molecule has 2 rings (SSSR count). The first-order valence-corrected chi connectivity index (χ1v) is 8.33. The highest BCUT2D eigenvalue weighted by atomic mass is 16.3. The summed E-state index contributed by atoms with van der Waals surface area (Å²) in [7, 11) is 0. The minimum Gasteiger partial charge on any atom is -0.396 e. The number of aliphatic hydroxyl groups is 1. The molecule has 1 unspecified atom stereocenters. The standard InChI is InChI=1S/C19H26N2O2/c1-2-5-15(10-11-22)13-20-19(23)21-14-16-8-9-17-6-3-4-7-18(17)12-16/h3-4,6-9,12,15,22H,2,5,10-11,13-14H2,1H3,(H2,20,21,23). The van der Waals surface area contributed by atoms with Gasteiger partial charge in [-0.25, -0.2) is 4.79 Å². The molecule has 4 nitrogen and oxygen atoms in total. The Hall–Kier alpha value is -2.07. The van der Waals surface area contributed by atoms with Crippen LogP contribution in [0.5, 0.6) is 0 Å². The van der Waals surface area contributed by atoms with Gasteiger partial charge in [0.15, 0.2) is 0 Å². The number of nitrogens with one attached hydrogen (secondary N) is 2. The molecule has 2 aromatic rings. The van der Waals surface area contributed by atoms with Crippen molar-refractivity contribution in [2.75, 3.05) is 13.2 Å². The second-order valence-corrected chi connectivity index (χ2v) is 5.91. The molecule has 23 heavy (non-hydrogen) atoms. The van der Waals surface area contributed by atoms with Gasteiger partial charge in [0.05, 0.1) is 0 Å². The SMILES string of the molecule is CCCC(CCO)CNC(=O)NCc1ccc2ccccc2c1. The summed E-state index contributed by atoms with van der Waals surface area (Å²) in [5.41, 5.74) is 1.08. The molecule has 0 saturated carbocycles. The van der Waals surface area contributed by atoms with Crippen LogP contribution in [0.1, 0.15) is 31.7 Å². The number of hydrogen-bond acceptors (Lipinski definition) is 2. The first kappa shape index (κ1) is 17.3. The Morgan fingerprint density at radius 3 is 2.61 bits per heavy atom. The highest BCUT2D eigenvalue weighted by molar-refractivity contribution is 5.83. The highest BCUT2D eigenvalue weighted by Gasteiger charge is 2.09. The van der Waals surface area contributed by atoms with Gasteiger partial charge in [-0.2, -0.15) is 0 Å². The molecule has 0 aliphatic carbocycles. The first-order valence-electron chi connectivity index (χ1n) is 8.33. The van der Waals surface area contributed by atoms with Crippen LogP contribution in [0.3, 0.4) is 0 Å². The zero-order valence-corrected chi connectivity index (χ0v) is 13.7. The van der Waals surface area contributed by atoms with E-state index in [1.807, 2.05) is 18.2 Å². The smallest absolute Gasteiger partial charge is 0.315 e. The number of urea groups is 1. The van der Waals surface area contributed by atoms with Gasteiger partial charge in [-0.3, -0.25) is 0 Å². The fourth-order valence-electron chi connectivity index (χ4n) is 2.77. The summed E-state index contributed by atoms with van der Waals surface area (Å²) < 4.78 is 0. The van der Waals surface area contributed by atoms with Crippen molar-refractivity contribution >= 4 is 16.8 Å². The van der Waals surface area contributed by atoms with Crippen LogP contribution >= 0.6 is 0 Å². The Balaban J connectivity index is 1.80. The fraction of sp³-hybridized carbons (Fsp3) is 0.421. The minimum absolute atomic E-state index is 0.155. The van der Waals surface area contributed by atoms with Crippen molar-refractivity contribution in [2.45, 2.75) is 32.7 Å². The van der Waals surface area contributed by atoms with E-state index in [1.54, 1.807) is 0 Å². The van der Waals surface area contributed by atoms with Crippen LogP contribution in [0.4, 0.5) is 4.79 Å². The third-order valence-corrected chi connectivity index (χ3v) is 4.05. The van der Waals surface area contributed by atoms with E-state index in [2.05, 4.69) is 41.8 Å². The zero-order valence-electron chi connectivity index (χ0n) is 13.7. The first-order chi connectivity index (χ1) is 11.2. The quantitative estimate of drug-likeness (QED) is 0.699. The predicted octanol–water partition coefficient (Wildman–Crippen LogP) is 3.44. The normalized spacial score (nSPS) is 12.1. The van der Waals surface area contributed by atoms with Crippen LogP contribution in [0.2, 0.25) is 0 Å². The minimum atomic E-state index is -0.155. The average Bonchev–Trinajstić information content (AvgIpc) is 2.58. The van der Waals surface area contributed by atoms with Crippen molar-refractivity contribution in [3.05, 3.63) is 48.0 Å². The molecule has 0 aliphatic heterocycles. The van der Waals surface area contributed by atoms with Crippen molar-refractivity contribution in [2.24, 2.45) is 5.92 Å². The van der Waals surface area contributed by atoms with Crippen LogP contribution in [-0.4, -0.2) is 24.3 Å². The number of hydrogen-bond donors (Lipinski definition) is 3. The Labute approximate surface area is 137 Å². The third kappa shape index (κ3) is 5.57. The maximum Gasteiger partial charge on any atom is 0.315 e. The number of amides is 2. The van der Waals surface area contributed by atoms with Crippen LogP contribution < -0.4 is 10.6 Å². The number of rotatable bonds is 8. The van der Waals surface area contributed by atoms with Gasteiger partial charge in [-0.15, -0.1) is 0 Å². The number of benzene rings is 2. The lowest BCUT2D eigenvalue weighted by Gasteiger charge is -2.16. The molecular formula is C19H26N2O2. The molecular weight excluding hydrogens is 288 g/mol. The highest BCUT2D eigenvalue weighted by Crippen LogP contribution is 2.15. The predicted molar refractivity (Wildman–Crippen MR) is 94.3 cm³/mol. The molecule has 0 fully saturated rings. The number of carbonyl (C=O) groups is 1. The topological polar surface area (TPSA) is 61.4 Å². The van der Waals surface area contributed by atoms with Crippen LogP contribution in [0, 0.1) is 5.92 Å². The van der Waals surface area contributed by atoms with Crippen molar-refractivity contribution < 1.29 is 9.90 Å². The maximum absolute atomic E-state index is 11.9. The third-order valence-electron chi connectivity index (χ3n) is 4.05. The molecule has 0 bridgehead atoms. The van der Waals surface area contributed by atoms with E-state index in [-0.39, 0.29) is 12.6 Å². The van der Waals surface area contributed by atoms with E-state index in [0.717, 1.165) is 24.8 Å². The van der Waals surface area contributed by atoms with Gasteiger partial charge in [0.2, 0.25) is 0 Å². The average molecular weight is 314 g/mol. The Kier molecular flexibility index (Phi) is 6.88. The molecule has 3 N–H and O–H groups in total. The summed E-state index contributed by atoms with van der Waals surface area (Å²) in [6.45, 7) is 3.41. The molecule has 0 radical (unpaired) electrons. The fourth-order valence-corrected chi connectivity index (χ4v) is 2.77. The van der Waals surface area contributed by atoms with E-state index < -0.39 is 0 Å². The second kappa shape index (κ2) is 9.16. The molecule has 2 amide bonds. The molecule has 0 spiro atoms. The number of carbonyl (C=O) groups excluding carboxylic acids is 1. The van der Waals surface area contributed by atoms with Gasteiger partial charge in [0.25, 0.3) is 0 Å². The molecule has 4 heteroatoms. The Morgan fingerprint density at radius 1 is 1.09 bits per heavy atom. The van der Waals surface area contributed by atoms with E-state index in [9.17, 15) is 4.79 Å².